The zero-order chi connectivity index (χ0) is 20.8. The van der Waals surface area contributed by atoms with E-state index in [1.54, 1.807) is 0 Å². The minimum atomic E-state index is 0.273. The van der Waals surface area contributed by atoms with Crippen molar-refractivity contribution in [1.29, 1.82) is 0 Å². The second-order valence-electron chi connectivity index (χ2n) is 8.12. The number of aromatic nitrogens is 5. The molecule has 0 spiro atoms. The summed E-state index contributed by atoms with van der Waals surface area (Å²) in [5, 5.41) is 20.3. The minimum Gasteiger partial charge on any atom is -0.356 e. The molecule has 2 aromatic rings. The lowest BCUT2D eigenvalue weighted by atomic mass is 10.1. The quantitative estimate of drug-likeness (QED) is 0.422. The van der Waals surface area contributed by atoms with Gasteiger partial charge < -0.3 is 15.2 Å². The van der Waals surface area contributed by atoms with Gasteiger partial charge in [-0.05, 0) is 52.0 Å². The molecule has 1 atom stereocenters. The summed E-state index contributed by atoms with van der Waals surface area (Å²) in [6.45, 7) is 8.32. The molecule has 0 saturated heterocycles. The first-order chi connectivity index (χ1) is 14.0. The molecule has 0 aromatic carbocycles. The lowest BCUT2D eigenvalue weighted by Crippen LogP contribution is -2.43. The summed E-state index contributed by atoms with van der Waals surface area (Å²) < 4.78 is 4.29. The van der Waals surface area contributed by atoms with Crippen molar-refractivity contribution in [2.24, 2.45) is 12.0 Å². The van der Waals surface area contributed by atoms with Gasteiger partial charge in [-0.25, -0.2) is 0 Å². The van der Waals surface area contributed by atoms with Crippen LogP contribution in [-0.4, -0.2) is 50.1 Å². The van der Waals surface area contributed by atoms with Crippen molar-refractivity contribution in [3.05, 3.63) is 28.6 Å². The molecule has 1 unspecified atom stereocenters. The zero-order valence-corrected chi connectivity index (χ0v) is 18.6. The van der Waals surface area contributed by atoms with Gasteiger partial charge in [0.1, 0.15) is 11.6 Å². The second kappa shape index (κ2) is 9.89. The van der Waals surface area contributed by atoms with Gasteiger partial charge in [0.15, 0.2) is 5.96 Å². The highest BCUT2D eigenvalue weighted by Gasteiger charge is 2.15. The van der Waals surface area contributed by atoms with E-state index in [2.05, 4.69) is 56.3 Å². The summed E-state index contributed by atoms with van der Waals surface area (Å²) in [5.41, 5.74) is 3.65. The van der Waals surface area contributed by atoms with Crippen molar-refractivity contribution in [2.45, 2.75) is 78.3 Å². The highest BCUT2D eigenvalue weighted by atomic mass is 15.3. The van der Waals surface area contributed by atoms with Gasteiger partial charge in [0.25, 0.3) is 0 Å². The number of guanidine groups is 1. The van der Waals surface area contributed by atoms with E-state index in [0.717, 1.165) is 62.1 Å². The normalized spacial score (nSPS) is 15.7. The van der Waals surface area contributed by atoms with Crippen molar-refractivity contribution in [2.75, 3.05) is 13.6 Å². The average molecular weight is 401 g/mol. The van der Waals surface area contributed by atoms with Crippen LogP contribution in [0.3, 0.4) is 0 Å². The number of nitrogens with one attached hydrogen (secondary N) is 2. The first kappa shape index (κ1) is 21.3. The standard InChI is InChI=1S/C21H36N8/c1-15(14-18-16(2)27-28(5)17(18)3)24-21(22-4)23-12-9-11-20-26-25-19-10-7-6-8-13-29(19)20/h15H,6-14H2,1-5H3,(H2,22,23,24). The number of hydrogen-bond donors (Lipinski definition) is 2. The van der Waals surface area contributed by atoms with Gasteiger partial charge in [0.2, 0.25) is 0 Å². The molecule has 3 rings (SSSR count). The Kier molecular flexibility index (Phi) is 7.28. The number of hydrogen-bond acceptors (Lipinski definition) is 4. The summed E-state index contributed by atoms with van der Waals surface area (Å²) in [4.78, 5) is 4.38. The van der Waals surface area contributed by atoms with Crippen LogP contribution in [0, 0.1) is 13.8 Å². The molecule has 0 radical (unpaired) electrons. The Labute approximate surface area is 174 Å². The third-order valence-electron chi connectivity index (χ3n) is 5.83. The third-order valence-corrected chi connectivity index (χ3v) is 5.83. The molecular weight excluding hydrogens is 364 g/mol. The molecule has 0 aliphatic carbocycles. The Morgan fingerprint density at radius 1 is 1.21 bits per heavy atom. The molecule has 29 heavy (non-hydrogen) atoms. The van der Waals surface area contributed by atoms with E-state index < -0.39 is 0 Å². The molecule has 8 nitrogen and oxygen atoms in total. The molecule has 0 bridgehead atoms. The molecule has 2 N–H and O–H groups in total. The van der Waals surface area contributed by atoms with Crippen LogP contribution in [0.1, 0.15) is 61.2 Å². The largest absolute Gasteiger partial charge is 0.356 e. The zero-order valence-electron chi connectivity index (χ0n) is 18.6. The van der Waals surface area contributed by atoms with Crippen LogP contribution in [0.5, 0.6) is 0 Å². The van der Waals surface area contributed by atoms with Crippen LogP contribution in [0.4, 0.5) is 0 Å². The predicted molar refractivity (Wildman–Crippen MR) is 116 cm³/mol. The van der Waals surface area contributed by atoms with Crippen molar-refractivity contribution in [3.63, 3.8) is 0 Å². The highest BCUT2D eigenvalue weighted by molar-refractivity contribution is 5.79. The van der Waals surface area contributed by atoms with E-state index in [9.17, 15) is 0 Å². The van der Waals surface area contributed by atoms with Crippen LogP contribution in [-0.2, 0) is 32.9 Å². The SMILES string of the molecule is CN=C(NCCCc1nnc2n1CCCCC2)NC(C)Cc1c(C)nn(C)c1C. The summed E-state index contributed by atoms with van der Waals surface area (Å²) in [6.07, 6.45) is 7.71. The van der Waals surface area contributed by atoms with Gasteiger partial charge in [0, 0.05) is 51.8 Å². The number of aryl methyl sites for hydroxylation is 4. The maximum atomic E-state index is 4.51. The van der Waals surface area contributed by atoms with Crippen molar-refractivity contribution in [3.8, 4) is 0 Å². The van der Waals surface area contributed by atoms with Crippen LogP contribution < -0.4 is 10.6 Å². The van der Waals surface area contributed by atoms with E-state index in [1.807, 2.05) is 18.8 Å². The summed E-state index contributed by atoms with van der Waals surface area (Å²) in [5.74, 6) is 3.14. The maximum absolute atomic E-state index is 4.51. The topological polar surface area (TPSA) is 84.9 Å². The second-order valence-corrected chi connectivity index (χ2v) is 8.12. The van der Waals surface area contributed by atoms with Gasteiger partial charge in [-0.1, -0.05) is 6.42 Å². The van der Waals surface area contributed by atoms with E-state index in [4.69, 9.17) is 0 Å². The van der Waals surface area contributed by atoms with Gasteiger partial charge in [-0.3, -0.25) is 9.67 Å². The van der Waals surface area contributed by atoms with Crippen LogP contribution in [0.15, 0.2) is 4.99 Å². The van der Waals surface area contributed by atoms with Crippen LogP contribution >= 0.6 is 0 Å². The minimum absolute atomic E-state index is 0.273. The molecule has 8 heteroatoms. The van der Waals surface area contributed by atoms with Crippen LogP contribution in [0.25, 0.3) is 0 Å². The maximum Gasteiger partial charge on any atom is 0.191 e. The van der Waals surface area contributed by atoms with E-state index >= 15 is 0 Å². The van der Waals surface area contributed by atoms with E-state index in [1.165, 1.54) is 30.5 Å². The summed E-state index contributed by atoms with van der Waals surface area (Å²) in [7, 11) is 3.82. The molecule has 0 saturated carbocycles. The van der Waals surface area contributed by atoms with E-state index in [-0.39, 0.29) is 6.04 Å². The van der Waals surface area contributed by atoms with Gasteiger partial charge >= 0.3 is 0 Å². The number of nitrogens with zero attached hydrogens (tertiary/aromatic N) is 6. The smallest absolute Gasteiger partial charge is 0.191 e. The molecule has 160 valence electrons. The summed E-state index contributed by atoms with van der Waals surface area (Å²) in [6, 6.07) is 0.273. The Bertz CT molecular complexity index is 832. The fourth-order valence-electron chi connectivity index (χ4n) is 4.08. The number of aliphatic imine (C=N–C) groups is 1. The van der Waals surface area contributed by atoms with Crippen molar-refractivity contribution >= 4 is 5.96 Å². The lowest BCUT2D eigenvalue weighted by molar-refractivity contribution is 0.591. The van der Waals surface area contributed by atoms with Gasteiger partial charge in [-0.15, -0.1) is 10.2 Å². The van der Waals surface area contributed by atoms with Crippen LogP contribution in [0.2, 0.25) is 0 Å². The van der Waals surface area contributed by atoms with Gasteiger partial charge in [-0.2, -0.15) is 5.10 Å². The molecular formula is C21H36N8. The average Bonchev–Trinajstić information content (AvgIpc) is 3.07. The van der Waals surface area contributed by atoms with E-state index in [0.29, 0.717) is 0 Å². The molecule has 0 amide bonds. The third kappa shape index (κ3) is 5.36. The molecule has 0 fully saturated rings. The Hall–Kier alpha value is -2.38. The first-order valence-electron chi connectivity index (χ1n) is 10.9. The fourth-order valence-corrected chi connectivity index (χ4v) is 4.08. The predicted octanol–water partition coefficient (Wildman–Crippen LogP) is 2.08. The molecule has 2 aromatic heterocycles. The Balaban J connectivity index is 1.44. The number of rotatable bonds is 7. The Morgan fingerprint density at radius 2 is 2.03 bits per heavy atom. The Morgan fingerprint density at radius 3 is 2.76 bits per heavy atom. The molecule has 1 aliphatic rings. The summed E-state index contributed by atoms with van der Waals surface area (Å²) >= 11 is 0. The molecule has 3 heterocycles. The lowest BCUT2D eigenvalue weighted by Gasteiger charge is -2.18. The highest BCUT2D eigenvalue weighted by Crippen LogP contribution is 2.15. The number of fused-ring (bicyclic) bond motifs is 1. The monoisotopic (exact) mass is 400 g/mol. The fraction of sp³-hybridized carbons (Fsp3) is 0.714. The van der Waals surface area contributed by atoms with Gasteiger partial charge in [0.05, 0.1) is 5.69 Å². The first-order valence-corrected chi connectivity index (χ1v) is 10.9. The van der Waals surface area contributed by atoms with Crippen molar-refractivity contribution < 1.29 is 0 Å². The van der Waals surface area contributed by atoms with Crippen molar-refractivity contribution in [1.82, 2.24) is 35.2 Å². The molecule has 1 aliphatic heterocycles.